The molecule has 0 aliphatic heterocycles. The lowest BCUT2D eigenvalue weighted by Gasteiger charge is -2.23. The summed E-state index contributed by atoms with van der Waals surface area (Å²) < 4.78 is 26.4. The first kappa shape index (κ1) is 15.6. The second-order valence-corrected chi connectivity index (χ2v) is 7.24. The largest absolute Gasteiger partial charge is 0.391 e. The molecule has 18 heavy (non-hydrogen) atoms. The highest BCUT2D eigenvalue weighted by molar-refractivity contribution is 7.89. The van der Waals surface area contributed by atoms with Crippen LogP contribution in [-0.2, 0) is 16.6 Å². The summed E-state index contributed by atoms with van der Waals surface area (Å²) >= 11 is 1.27. The summed E-state index contributed by atoms with van der Waals surface area (Å²) in [6, 6.07) is 1.57. The number of hydrogen-bond acceptors (Lipinski definition) is 4. The normalized spacial score (nSPS) is 14.1. The minimum Gasteiger partial charge on any atom is -0.391 e. The molecule has 1 atom stereocenters. The van der Waals surface area contributed by atoms with E-state index in [0.717, 1.165) is 6.42 Å². The maximum absolute atomic E-state index is 12.5. The fourth-order valence-corrected chi connectivity index (χ4v) is 4.52. The van der Waals surface area contributed by atoms with Crippen molar-refractivity contribution in [3.63, 3.8) is 0 Å². The number of hydrogen-bond donors (Lipinski definition) is 1. The van der Waals surface area contributed by atoms with Crippen molar-refractivity contribution in [2.45, 2.75) is 38.7 Å². The molecule has 0 saturated heterocycles. The number of nitrogens with zero attached hydrogens (tertiary/aromatic N) is 1. The Morgan fingerprint density at radius 1 is 1.44 bits per heavy atom. The molecule has 0 amide bonds. The Balaban J connectivity index is 3.03. The fraction of sp³-hybridized carbons (Fsp3) is 0.667. The van der Waals surface area contributed by atoms with Crippen molar-refractivity contribution in [1.82, 2.24) is 4.31 Å². The maximum Gasteiger partial charge on any atom is 0.244 e. The molecule has 0 aliphatic carbocycles. The van der Waals surface area contributed by atoms with Gasteiger partial charge in [-0.25, -0.2) is 8.42 Å². The van der Waals surface area contributed by atoms with Crippen LogP contribution in [0, 0.1) is 5.92 Å². The van der Waals surface area contributed by atoms with Gasteiger partial charge in [0.05, 0.1) is 11.5 Å². The van der Waals surface area contributed by atoms with Gasteiger partial charge in [0.15, 0.2) is 0 Å². The van der Waals surface area contributed by atoms with Gasteiger partial charge in [-0.1, -0.05) is 27.2 Å². The minimum absolute atomic E-state index is 0.229. The molecular formula is C12H21NO3S2. The van der Waals surface area contributed by atoms with E-state index < -0.39 is 10.0 Å². The summed E-state index contributed by atoms with van der Waals surface area (Å²) in [4.78, 5) is 0.762. The third-order valence-corrected chi connectivity index (χ3v) is 6.09. The Morgan fingerprint density at radius 3 is 2.61 bits per heavy atom. The first-order valence-electron chi connectivity index (χ1n) is 6.14. The van der Waals surface area contributed by atoms with E-state index in [1.807, 2.05) is 13.8 Å². The lowest BCUT2D eigenvalue weighted by molar-refractivity contribution is 0.282. The molecule has 1 rings (SSSR count). The Labute approximate surface area is 113 Å². The maximum atomic E-state index is 12.5. The molecule has 0 fully saturated rings. The first-order chi connectivity index (χ1) is 8.47. The number of aliphatic hydroxyl groups excluding tert-OH is 1. The molecule has 0 aromatic carbocycles. The van der Waals surface area contributed by atoms with E-state index in [0.29, 0.717) is 23.9 Å². The van der Waals surface area contributed by atoms with Crippen LogP contribution in [0.15, 0.2) is 16.3 Å². The van der Waals surface area contributed by atoms with Crippen LogP contribution in [0.25, 0.3) is 0 Å². The minimum atomic E-state index is -3.47. The quantitative estimate of drug-likeness (QED) is 0.838. The first-order valence-corrected chi connectivity index (χ1v) is 8.46. The van der Waals surface area contributed by atoms with Crippen molar-refractivity contribution in [1.29, 1.82) is 0 Å². The molecule has 6 heteroatoms. The Hall–Kier alpha value is -0.430. The molecular weight excluding hydrogens is 270 g/mol. The van der Waals surface area contributed by atoms with Crippen LogP contribution < -0.4 is 0 Å². The van der Waals surface area contributed by atoms with Gasteiger partial charge in [-0.05, 0) is 17.4 Å². The summed E-state index contributed by atoms with van der Waals surface area (Å²) in [6.45, 7) is 6.68. The van der Waals surface area contributed by atoms with Gasteiger partial charge in [-0.15, -0.1) is 11.3 Å². The van der Waals surface area contributed by atoms with Gasteiger partial charge in [-0.2, -0.15) is 4.31 Å². The van der Waals surface area contributed by atoms with E-state index >= 15 is 0 Å². The molecule has 1 aromatic rings. The highest BCUT2D eigenvalue weighted by Crippen LogP contribution is 2.25. The molecule has 0 aliphatic rings. The van der Waals surface area contributed by atoms with Crippen molar-refractivity contribution < 1.29 is 13.5 Å². The van der Waals surface area contributed by atoms with Gasteiger partial charge < -0.3 is 5.11 Å². The zero-order chi connectivity index (χ0) is 13.8. The van der Waals surface area contributed by atoms with Gasteiger partial charge in [0.25, 0.3) is 0 Å². The van der Waals surface area contributed by atoms with Gasteiger partial charge in [-0.3, -0.25) is 0 Å². The number of sulfonamides is 1. The monoisotopic (exact) mass is 291 g/mol. The highest BCUT2D eigenvalue weighted by Gasteiger charge is 2.27. The van der Waals surface area contributed by atoms with Crippen LogP contribution in [0.1, 0.15) is 32.1 Å². The number of aliphatic hydroxyl groups is 1. The van der Waals surface area contributed by atoms with E-state index in [2.05, 4.69) is 6.92 Å². The van der Waals surface area contributed by atoms with Crippen LogP contribution in [0.3, 0.4) is 0 Å². The third kappa shape index (κ3) is 3.32. The van der Waals surface area contributed by atoms with E-state index in [1.165, 1.54) is 15.6 Å². The predicted octanol–water partition coefficient (Wildman–Crippen LogP) is 2.30. The van der Waals surface area contributed by atoms with Gasteiger partial charge in [0.2, 0.25) is 10.0 Å². The SMILES string of the molecule is CCC(C)CN(CC)S(=O)(=O)c1ccsc1CO. The lowest BCUT2D eigenvalue weighted by Crippen LogP contribution is -2.34. The van der Waals surface area contributed by atoms with Crippen LogP contribution >= 0.6 is 11.3 Å². The van der Waals surface area contributed by atoms with E-state index in [4.69, 9.17) is 0 Å². The standard InChI is InChI=1S/C12H21NO3S2/c1-4-10(3)8-13(5-2)18(15,16)12-6-7-17-11(12)9-14/h6-7,10,14H,4-5,8-9H2,1-3H3. The second-order valence-electron chi connectivity index (χ2n) is 4.34. The topological polar surface area (TPSA) is 57.6 Å². The summed E-state index contributed by atoms with van der Waals surface area (Å²) in [5.74, 6) is 0.330. The molecule has 1 unspecified atom stereocenters. The van der Waals surface area contributed by atoms with Gasteiger partial charge in [0, 0.05) is 18.0 Å². The summed E-state index contributed by atoms with van der Waals surface area (Å²) in [5, 5.41) is 10.9. The molecule has 1 N–H and O–H groups in total. The number of thiophene rings is 1. The smallest absolute Gasteiger partial charge is 0.244 e. The second kappa shape index (κ2) is 6.65. The van der Waals surface area contributed by atoms with Gasteiger partial charge >= 0.3 is 0 Å². The molecule has 0 saturated carbocycles. The molecule has 1 aromatic heterocycles. The average Bonchev–Trinajstić information content (AvgIpc) is 2.84. The van der Waals surface area contributed by atoms with Crippen LogP contribution in [-0.4, -0.2) is 30.9 Å². The van der Waals surface area contributed by atoms with Crippen LogP contribution in [0.2, 0.25) is 0 Å². The van der Waals surface area contributed by atoms with Crippen molar-refractivity contribution in [3.05, 3.63) is 16.3 Å². The summed E-state index contributed by atoms with van der Waals surface area (Å²) in [5.41, 5.74) is 0. The summed E-state index contributed by atoms with van der Waals surface area (Å²) in [7, 11) is -3.47. The fourth-order valence-electron chi connectivity index (χ4n) is 1.69. The highest BCUT2D eigenvalue weighted by atomic mass is 32.2. The molecule has 104 valence electrons. The average molecular weight is 291 g/mol. The van der Waals surface area contributed by atoms with Crippen LogP contribution in [0.5, 0.6) is 0 Å². The van der Waals surface area contributed by atoms with E-state index in [-0.39, 0.29) is 11.5 Å². The molecule has 0 radical (unpaired) electrons. The predicted molar refractivity (Wildman–Crippen MR) is 74.1 cm³/mol. The molecule has 0 spiro atoms. The Kier molecular flexibility index (Phi) is 5.78. The molecule has 4 nitrogen and oxygen atoms in total. The molecule has 0 bridgehead atoms. The van der Waals surface area contributed by atoms with Crippen molar-refractivity contribution in [2.24, 2.45) is 5.92 Å². The number of rotatable bonds is 7. The lowest BCUT2D eigenvalue weighted by atomic mass is 10.1. The van der Waals surface area contributed by atoms with Gasteiger partial charge in [0.1, 0.15) is 0 Å². The summed E-state index contributed by atoms with van der Waals surface area (Å²) in [6.07, 6.45) is 0.947. The van der Waals surface area contributed by atoms with Crippen molar-refractivity contribution in [3.8, 4) is 0 Å². The zero-order valence-electron chi connectivity index (χ0n) is 11.1. The van der Waals surface area contributed by atoms with E-state index in [1.54, 1.807) is 11.4 Å². The Morgan fingerprint density at radius 2 is 2.11 bits per heavy atom. The van der Waals surface area contributed by atoms with E-state index in [9.17, 15) is 13.5 Å². The van der Waals surface area contributed by atoms with Crippen LogP contribution in [0.4, 0.5) is 0 Å². The van der Waals surface area contributed by atoms with Crippen molar-refractivity contribution in [2.75, 3.05) is 13.1 Å². The Bertz CT molecular complexity index is 467. The molecule has 1 heterocycles. The third-order valence-electron chi connectivity index (χ3n) is 3.03. The van der Waals surface area contributed by atoms with Crippen molar-refractivity contribution >= 4 is 21.4 Å². The zero-order valence-corrected chi connectivity index (χ0v) is 12.7.